The lowest BCUT2D eigenvalue weighted by Crippen LogP contribution is -1.97. The minimum atomic E-state index is -0.232. The number of rotatable bonds is 6. The van der Waals surface area contributed by atoms with Crippen LogP contribution in [0.5, 0.6) is 11.6 Å². The van der Waals surface area contributed by atoms with E-state index < -0.39 is 0 Å². The predicted octanol–water partition coefficient (Wildman–Crippen LogP) is 5.26. The minimum Gasteiger partial charge on any atom is -0.439 e. The largest absolute Gasteiger partial charge is 0.439 e. The van der Waals surface area contributed by atoms with Crippen molar-refractivity contribution in [3.63, 3.8) is 0 Å². The smallest absolute Gasteiger partial charge is 0.223 e. The SMILES string of the molecule is CCc1cc(Oc2ccccc2)nc(SCc2cccc(F)c2)n1. The summed E-state index contributed by atoms with van der Waals surface area (Å²) in [6.45, 7) is 2.04. The molecule has 0 fully saturated rings. The molecule has 122 valence electrons. The summed E-state index contributed by atoms with van der Waals surface area (Å²) in [4.78, 5) is 8.96. The van der Waals surface area contributed by atoms with Gasteiger partial charge in [-0.05, 0) is 36.2 Å². The van der Waals surface area contributed by atoms with Crippen molar-refractivity contribution in [3.8, 4) is 11.6 Å². The number of para-hydroxylation sites is 1. The summed E-state index contributed by atoms with van der Waals surface area (Å²) in [5, 5.41) is 0.629. The van der Waals surface area contributed by atoms with E-state index in [-0.39, 0.29) is 5.82 Å². The van der Waals surface area contributed by atoms with Crippen molar-refractivity contribution in [2.75, 3.05) is 0 Å². The van der Waals surface area contributed by atoms with Crippen molar-refractivity contribution in [3.05, 3.63) is 77.7 Å². The van der Waals surface area contributed by atoms with Crippen LogP contribution in [0.1, 0.15) is 18.2 Å². The molecule has 0 N–H and O–H groups in total. The van der Waals surface area contributed by atoms with Gasteiger partial charge in [-0.2, -0.15) is 4.98 Å². The Morgan fingerprint density at radius 2 is 1.83 bits per heavy atom. The first-order chi connectivity index (χ1) is 11.7. The summed E-state index contributed by atoms with van der Waals surface area (Å²) >= 11 is 1.47. The van der Waals surface area contributed by atoms with Crippen LogP contribution in [0.15, 0.2) is 65.8 Å². The number of hydrogen-bond acceptors (Lipinski definition) is 4. The van der Waals surface area contributed by atoms with Gasteiger partial charge in [-0.25, -0.2) is 9.37 Å². The first-order valence-corrected chi connectivity index (χ1v) is 8.69. The van der Waals surface area contributed by atoms with Crippen LogP contribution < -0.4 is 4.74 Å². The highest BCUT2D eigenvalue weighted by atomic mass is 32.2. The molecule has 0 aliphatic heterocycles. The highest BCUT2D eigenvalue weighted by Crippen LogP contribution is 2.25. The Kier molecular flexibility index (Phi) is 5.43. The first-order valence-electron chi connectivity index (χ1n) is 7.71. The van der Waals surface area contributed by atoms with E-state index in [9.17, 15) is 4.39 Å². The summed E-state index contributed by atoms with van der Waals surface area (Å²) in [6, 6.07) is 17.9. The van der Waals surface area contributed by atoms with Gasteiger partial charge < -0.3 is 4.74 Å². The summed E-state index contributed by atoms with van der Waals surface area (Å²) in [5.41, 5.74) is 1.81. The van der Waals surface area contributed by atoms with Gasteiger partial charge >= 0.3 is 0 Å². The Bertz CT molecular complexity index is 811. The maximum absolute atomic E-state index is 13.3. The molecular formula is C19H17FN2OS. The van der Waals surface area contributed by atoms with Crippen LogP contribution in [-0.4, -0.2) is 9.97 Å². The molecule has 1 aromatic heterocycles. The van der Waals surface area contributed by atoms with Crippen molar-refractivity contribution in [1.82, 2.24) is 9.97 Å². The molecule has 1 heterocycles. The van der Waals surface area contributed by atoms with Crippen molar-refractivity contribution >= 4 is 11.8 Å². The number of benzene rings is 2. The van der Waals surface area contributed by atoms with Crippen LogP contribution >= 0.6 is 11.8 Å². The third-order valence-corrected chi connectivity index (χ3v) is 4.24. The molecule has 3 aromatic rings. The average Bonchev–Trinajstić information content (AvgIpc) is 2.61. The number of thioether (sulfide) groups is 1. The van der Waals surface area contributed by atoms with Gasteiger partial charge in [0.25, 0.3) is 0 Å². The van der Waals surface area contributed by atoms with Gasteiger partial charge in [0.2, 0.25) is 5.88 Å². The predicted molar refractivity (Wildman–Crippen MR) is 93.9 cm³/mol. The Morgan fingerprint density at radius 1 is 1.00 bits per heavy atom. The Labute approximate surface area is 144 Å². The van der Waals surface area contributed by atoms with Gasteiger partial charge in [-0.1, -0.05) is 49.0 Å². The van der Waals surface area contributed by atoms with Crippen LogP contribution in [0.2, 0.25) is 0 Å². The lowest BCUT2D eigenvalue weighted by Gasteiger charge is -2.08. The maximum atomic E-state index is 13.3. The zero-order chi connectivity index (χ0) is 16.8. The highest BCUT2D eigenvalue weighted by molar-refractivity contribution is 7.98. The van der Waals surface area contributed by atoms with E-state index in [2.05, 4.69) is 9.97 Å². The van der Waals surface area contributed by atoms with Gasteiger partial charge in [-0.15, -0.1) is 0 Å². The van der Waals surface area contributed by atoms with E-state index in [0.29, 0.717) is 16.8 Å². The molecule has 3 nitrogen and oxygen atoms in total. The monoisotopic (exact) mass is 340 g/mol. The second-order valence-corrected chi connectivity index (χ2v) is 6.11. The molecule has 0 amide bonds. The summed E-state index contributed by atoms with van der Waals surface area (Å²) in [7, 11) is 0. The Balaban J connectivity index is 1.76. The second kappa shape index (κ2) is 7.93. The number of ether oxygens (including phenoxy) is 1. The van der Waals surface area contributed by atoms with Gasteiger partial charge in [-0.3, -0.25) is 0 Å². The molecule has 0 atom stereocenters. The molecule has 2 aromatic carbocycles. The van der Waals surface area contributed by atoms with Crippen molar-refractivity contribution in [2.24, 2.45) is 0 Å². The molecule has 3 rings (SSSR count). The highest BCUT2D eigenvalue weighted by Gasteiger charge is 2.07. The average molecular weight is 340 g/mol. The van der Waals surface area contributed by atoms with E-state index in [4.69, 9.17) is 4.74 Å². The van der Waals surface area contributed by atoms with Crippen LogP contribution in [0.25, 0.3) is 0 Å². The topological polar surface area (TPSA) is 35.0 Å². The molecule has 0 spiro atoms. The van der Waals surface area contributed by atoms with Gasteiger partial charge in [0.05, 0.1) is 0 Å². The standard InChI is InChI=1S/C19H17FN2OS/c1-2-16-12-18(23-17-9-4-3-5-10-17)22-19(21-16)24-13-14-7-6-8-15(20)11-14/h3-12H,2,13H2,1H3. The van der Waals surface area contributed by atoms with E-state index in [1.165, 1.54) is 23.9 Å². The summed E-state index contributed by atoms with van der Waals surface area (Å²) in [5.74, 6) is 1.63. The Morgan fingerprint density at radius 3 is 2.58 bits per heavy atom. The van der Waals surface area contributed by atoms with Crippen molar-refractivity contribution in [1.29, 1.82) is 0 Å². The van der Waals surface area contributed by atoms with Crippen LogP contribution in [0.3, 0.4) is 0 Å². The zero-order valence-electron chi connectivity index (χ0n) is 13.3. The van der Waals surface area contributed by atoms with E-state index >= 15 is 0 Å². The summed E-state index contributed by atoms with van der Waals surface area (Å²) < 4.78 is 19.1. The van der Waals surface area contributed by atoms with E-state index in [1.54, 1.807) is 6.07 Å². The lowest BCUT2D eigenvalue weighted by atomic mass is 10.2. The molecule has 24 heavy (non-hydrogen) atoms. The lowest BCUT2D eigenvalue weighted by molar-refractivity contribution is 0.454. The van der Waals surface area contributed by atoms with Gasteiger partial charge in [0.1, 0.15) is 11.6 Å². The Hall–Kier alpha value is -2.40. The van der Waals surface area contributed by atoms with Crippen LogP contribution in [0, 0.1) is 5.82 Å². The van der Waals surface area contributed by atoms with E-state index in [1.807, 2.05) is 49.4 Å². The minimum absolute atomic E-state index is 0.232. The molecule has 0 unspecified atom stereocenters. The molecule has 0 saturated heterocycles. The molecule has 0 aliphatic carbocycles. The van der Waals surface area contributed by atoms with Crippen molar-refractivity contribution in [2.45, 2.75) is 24.3 Å². The molecule has 0 aliphatic rings. The summed E-state index contributed by atoms with van der Waals surface area (Å²) in [6.07, 6.45) is 0.793. The molecular weight excluding hydrogens is 323 g/mol. The second-order valence-electron chi connectivity index (χ2n) is 5.17. The van der Waals surface area contributed by atoms with Crippen LogP contribution in [-0.2, 0) is 12.2 Å². The first kappa shape index (κ1) is 16.5. The third-order valence-electron chi connectivity index (χ3n) is 3.32. The van der Waals surface area contributed by atoms with Gasteiger partial charge in [0.15, 0.2) is 5.16 Å². The zero-order valence-corrected chi connectivity index (χ0v) is 14.1. The number of aromatic nitrogens is 2. The molecule has 0 saturated carbocycles. The van der Waals surface area contributed by atoms with Crippen molar-refractivity contribution < 1.29 is 9.13 Å². The fourth-order valence-electron chi connectivity index (χ4n) is 2.13. The quantitative estimate of drug-likeness (QED) is 0.453. The molecule has 5 heteroatoms. The third kappa shape index (κ3) is 4.55. The fraction of sp³-hybridized carbons (Fsp3) is 0.158. The fourth-order valence-corrected chi connectivity index (χ4v) is 2.94. The number of nitrogens with zero attached hydrogens (tertiary/aromatic N) is 2. The molecule has 0 bridgehead atoms. The molecule has 0 radical (unpaired) electrons. The maximum Gasteiger partial charge on any atom is 0.223 e. The van der Waals surface area contributed by atoms with E-state index in [0.717, 1.165) is 23.4 Å². The van der Waals surface area contributed by atoms with Gasteiger partial charge in [0, 0.05) is 17.5 Å². The van der Waals surface area contributed by atoms with Crippen LogP contribution in [0.4, 0.5) is 4.39 Å². The normalized spacial score (nSPS) is 10.6. The number of aryl methyl sites for hydroxylation is 1. The number of halogens is 1. The number of hydrogen-bond donors (Lipinski definition) is 0.